The fourth-order valence-corrected chi connectivity index (χ4v) is 3.61. The Balaban J connectivity index is 2.22. The fraction of sp³-hybridized carbons (Fsp3) is 0.263. The van der Waals surface area contributed by atoms with E-state index in [2.05, 4.69) is 15.0 Å². The van der Waals surface area contributed by atoms with Crippen molar-refractivity contribution in [2.24, 2.45) is 4.99 Å². The maximum absolute atomic E-state index is 13.9. The number of anilines is 1. The quantitative estimate of drug-likeness (QED) is 0.235. The number of amides is 2. The molecule has 13 heteroatoms. The van der Waals surface area contributed by atoms with Crippen LogP contribution in [0.1, 0.15) is 12.5 Å². The van der Waals surface area contributed by atoms with Gasteiger partial charge in [-0.05, 0) is 30.0 Å². The Kier molecular flexibility index (Phi) is 9.11. The predicted molar refractivity (Wildman–Crippen MR) is 113 cm³/mol. The van der Waals surface area contributed by atoms with Gasteiger partial charge in [0, 0.05) is 17.7 Å². The van der Waals surface area contributed by atoms with Crippen molar-refractivity contribution < 1.29 is 35.9 Å². The van der Waals surface area contributed by atoms with E-state index in [1.165, 1.54) is 6.07 Å². The first-order valence-corrected chi connectivity index (χ1v) is 10.5. The Morgan fingerprint density at radius 3 is 2.25 bits per heavy atom. The van der Waals surface area contributed by atoms with Gasteiger partial charge in [-0.15, -0.1) is 11.8 Å². The van der Waals surface area contributed by atoms with E-state index in [0.717, 1.165) is 36.0 Å². The smallest absolute Gasteiger partial charge is 0.425 e. The summed E-state index contributed by atoms with van der Waals surface area (Å²) >= 11 is 12.6. The molecular weight excluding hydrogens is 505 g/mol. The second kappa shape index (κ2) is 11.2. The monoisotopic (exact) mass is 518 g/mol. The molecule has 1 N–H and O–H groups in total. The molecule has 0 aliphatic rings. The molecular formula is C19H14Cl2F6N2O2S. The Morgan fingerprint density at radius 1 is 1.19 bits per heavy atom. The third-order valence-electron chi connectivity index (χ3n) is 3.67. The molecule has 0 saturated heterocycles. The van der Waals surface area contributed by atoms with Crippen molar-refractivity contribution in [1.82, 2.24) is 0 Å². The number of nitrogens with zero attached hydrogens (tertiary/aromatic N) is 1. The topological polar surface area (TPSA) is 50.7 Å². The Bertz CT molecular complexity index is 980. The van der Waals surface area contributed by atoms with E-state index in [4.69, 9.17) is 23.2 Å². The molecule has 2 rings (SSSR count). The van der Waals surface area contributed by atoms with Gasteiger partial charge in [0.25, 0.3) is 0 Å². The summed E-state index contributed by atoms with van der Waals surface area (Å²) in [4.78, 5) is 16.0. The predicted octanol–water partition coefficient (Wildman–Crippen LogP) is 7.43. The highest BCUT2D eigenvalue weighted by Gasteiger charge is 2.45. The van der Waals surface area contributed by atoms with Crippen LogP contribution in [0.3, 0.4) is 0 Å². The minimum Gasteiger partial charge on any atom is -0.425 e. The number of aliphatic imine (C=N–C) groups is 1. The standard InChI is InChI=1S/C19H14Cl2F6N2O2S/c1-2-32-15(8-10-13(22)4-3-5-14(10)23)29-18(30)28-9-6-11(20)16(12(21)7-9)31-19(26,27)17(24)25/h3-7,17H,2,8H2,1H3,(H,28,30). The molecule has 2 amide bonds. The fourth-order valence-electron chi connectivity index (χ4n) is 2.32. The van der Waals surface area contributed by atoms with Crippen molar-refractivity contribution in [2.75, 3.05) is 11.1 Å². The highest BCUT2D eigenvalue weighted by Crippen LogP contribution is 2.40. The van der Waals surface area contributed by atoms with Crippen molar-refractivity contribution in [3.8, 4) is 5.75 Å². The number of benzene rings is 2. The molecule has 0 aromatic heterocycles. The second-order valence-corrected chi connectivity index (χ2v) is 8.13. The zero-order valence-corrected chi connectivity index (χ0v) is 18.4. The number of carbonyl (C=O) groups excluding carboxylic acids is 1. The van der Waals surface area contributed by atoms with Crippen LogP contribution in [0.2, 0.25) is 10.0 Å². The SMILES string of the molecule is CCSC(Cc1c(F)cccc1F)=NC(=O)Nc1cc(Cl)c(OC(F)(F)C(F)F)c(Cl)c1. The lowest BCUT2D eigenvalue weighted by molar-refractivity contribution is -0.253. The molecule has 0 aliphatic heterocycles. The van der Waals surface area contributed by atoms with E-state index < -0.39 is 46.0 Å². The van der Waals surface area contributed by atoms with Crippen molar-refractivity contribution >= 4 is 51.7 Å². The Morgan fingerprint density at radius 2 is 1.75 bits per heavy atom. The average Bonchev–Trinajstić information content (AvgIpc) is 2.67. The molecule has 0 heterocycles. The van der Waals surface area contributed by atoms with Gasteiger partial charge < -0.3 is 10.1 Å². The molecule has 0 radical (unpaired) electrons. The summed E-state index contributed by atoms with van der Waals surface area (Å²) in [6.07, 6.45) is -9.25. The van der Waals surface area contributed by atoms with E-state index in [-0.39, 0.29) is 22.7 Å². The van der Waals surface area contributed by atoms with Crippen LogP contribution in [-0.4, -0.2) is 29.4 Å². The Hall–Kier alpha value is -2.11. The maximum atomic E-state index is 13.9. The van der Waals surface area contributed by atoms with Gasteiger partial charge in [0.1, 0.15) is 11.6 Å². The van der Waals surface area contributed by atoms with Crippen molar-refractivity contribution in [3.63, 3.8) is 0 Å². The summed E-state index contributed by atoms with van der Waals surface area (Å²) in [6.45, 7) is 1.74. The first-order valence-electron chi connectivity index (χ1n) is 8.72. The molecule has 32 heavy (non-hydrogen) atoms. The summed E-state index contributed by atoms with van der Waals surface area (Å²) in [5, 5.41) is 1.20. The zero-order valence-electron chi connectivity index (χ0n) is 16.1. The minimum absolute atomic E-state index is 0.0997. The van der Waals surface area contributed by atoms with Gasteiger partial charge in [0.05, 0.1) is 15.1 Å². The number of hydrogen-bond donors (Lipinski definition) is 1. The average molecular weight is 519 g/mol. The van der Waals surface area contributed by atoms with Crippen molar-refractivity contribution in [3.05, 3.63) is 57.6 Å². The van der Waals surface area contributed by atoms with E-state index >= 15 is 0 Å². The molecule has 0 bridgehead atoms. The first kappa shape index (κ1) is 26.1. The number of ether oxygens (including phenoxy) is 1. The Labute approximate surface area is 192 Å². The normalized spacial score (nSPS) is 12.2. The first-order chi connectivity index (χ1) is 14.9. The van der Waals surface area contributed by atoms with E-state index in [1.54, 1.807) is 6.92 Å². The molecule has 0 unspecified atom stereocenters. The minimum atomic E-state index is -4.84. The molecule has 174 valence electrons. The largest absolute Gasteiger partial charge is 0.461 e. The van der Waals surface area contributed by atoms with Crippen LogP contribution >= 0.6 is 35.0 Å². The number of rotatable bonds is 7. The lowest BCUT2D eigenvalue weighted by Crippen LogP contribution is -2.33. The number of halogens is 8. The molecule has 2 aromatic carbocycles. The van der Waals surface area contributed by atoms with Crippen LogP contribution in [0.15, 0.2) is 35.3 Å². The molecule has 0 atom stereocenters. The summed E-state index contributed by atoms with van der Waals surface area (Å²) in [7, 11) is 0. The van der Waals surface area contributed by atoms with E-state index in [1.807, 2.05) is 0 Å². The summed E-state index contributed by atoms with van der Waals surface area (Å²) in [6, 6.07) is 4.22. The van der Waals surface area contributed by atoms with Gasteiger partial charge in [-0.25, -0.2) is 13.6 Å². The highest BCUT2D eigenvalue weighted by atomic mass is 35.5. The molecule has 0 saturated carbocycles. The van der Waals surface area contributed by atoms with Crippen molar-refractivity contribution in [2.45, 2.75) is 25.9 Å². The molecule has 0 spiro atoms. The van der Waals surface area contributed by atoms with Gasteiger partial charge in [-0.2, -0.15) is 22.6 Å². The van der Waals surface area contributed by atoms with Crippen LogP contribution in [0.25, 0.3) is 0 Å². The van der Waals surface area contributed by atoms with Crippen LogP contribution in [-0.2, 0) is 6.42 Å². The van der Waals surface area contributed by atoms with Gasteiger partial charge in [0.2, 0.25) is 0 Å². The van der Waals surface area contributed by atoms with Crippen molar-refractivity contribution in [1.29, 1.82) is 0 Å². The van der Waals surface area contributed by atoms with Crippen LogP contribution in [0, 0.1) is 11.6 Å². The number of alkyl halides is 4. The van der Waals surface area contributed by atoms with Gasteiger partial charge in [-0.3, -0.25) is 0 Å². The molecule has 4 nitrogen and oxygen atoms in total. The third kappa shape index (κ3) is 6.94. The summed E-state index contributed by atoms with van der Waals surface area (Å²) < 4.78 is 82.6. The zero-order chi connectivity index (χ0) is 24.1. The molecule has 2 aromatic rings. The van der Waals surface area contributed by atoms with E-state index in [0.29, 0.717) is 5.75 Å². The number of nitrogens with one attached hydrogen (secondary N) is 1. The number of hydrogen-bond acceptors (Lipinski definition) is 3. The number of thioether (sulfide) groups is 1. The summed E-state index contributed by atoms with van der Waals surface area (Å²) in [5.74, 6) is -2.06. The number of urea groups is 1. The summed E-state index contributed by atoms with van der Waals surface area (Å²) in [5.41, 5.74) is -0.382. The lowest BCUT2D eigenvalue weighted by atomic mass is 10.1. The third-order valence-corrected chi connectivity index (χ3v) is 5.09. The van der Waals surface area contributed by atoms with Gasteiger partial charge in [0.15, 0.2) is 5.75 Å². The van der Waals surface area contributed by atoms with Crippen LogP contribution in [0.4, 0.5) is 36.8 Å². The lowest BCUT2D eigenvalue weighted by Gasteiger charge is -2.19. The number of carbonyl (C=O) groups is 1. The van der Waals surface area contributed by atoms with Gasteiger partial charge >= 0.3 is 18.6 Å². The second-order valence-electron chi connectivity index (χ2n) is 5.98. The highest BCUT2D eigenvalue weighted by molar-refractivity contribution is 8.13. The van der Waals surface area contributed by atoms with Crippen LogP contribution in [0.5, 0.6) is 5.75 Å². The van der Waals surface area contributed by atoms with Crippen LogP contribution < -0.4 is 10.1 Å². The molecule has 0 fully saturated rings. The molecule has 0 aliphatic carbocycles. The maximum Gasteiger partial charge on any atom is 0.461 e. The van der Waals surface area contributed by atoms with Gasteiger partial charge in [-0.1, -0.05) is 36.2 Å². The van der Waals surface area contributed by atoms with E-state index in [9.17, 15) is 31.1 Å².